The average Bonchev–Trinajstić information content (AvgIpc) is 2.16. The smallest absolute Gasteiger partial charge is 0.160 e. The van der Waals surface area contributed by atoms with Crippen molar-refractivity contribution < 1.29 is 9.84 Å². The van der Waals surface area contributed by atoms with Gasteiger partial charge in [-0.1, -0.05) is 12.1 Å². The largest absolute Gasteiger partial charge is 0.504 e. The van der Waals surface area contributed by atoms with Crippen molar-refractivity contribution in [1.29, 1.82) is 0 Å². The van der Waals surface area contributed by atoms with E-state index >= 15 is 0 Å². The number of methoxy groups -OCH3 is 1. The molecule has 0 aromatic heterocycles. The van der Waals surface area contributed by atoms with Gasteiger partial charge in [0.25, 0.3) is 0 Å². The lowest BCUT2D eigenvalue weighted by molar-refractivity contribution is 0.373. The molecular weight excluding hydrogens is 166 g/mol. The number of nitrogens with two attached hydrogens (primary N) is 1. The molecule has 0 unspecified atom stereocenters. The van der Waals surface area contributed by atoms with Crippen LogP contribution in [-0.4, -0.2) is 12.2 Å². The van der Waals surface area contributed by atoms with E-state index in [0.717, 1.165) is 5.56 Å². The molecule has 70 valence electrons. The lowest BCUT2D eigenvalue weighted by atomic mass is 10.1. The summed E-state index contributed by atoms with van der Waals surface area (Å²) in [5.41, 5.74) is 6.50. The minimum absolute atomic E-state index is 0.0947. The molecule has 0 aliphatic carbocycles. The molecule has 1 aromatic carbocycles. The fraction of sp³-hybridized carbons (Fsp3) is 0.200. The molecule has 0 saturated heterocycles. The van der Waals surface area contributed by atoms with Crippen molar-refractivity contribution >= 4 is 0 Å². The summed E-state index contributed by atoms with van der Waals surface area (Å²) in [5, 5.41) is 9.42. The normalized spacial score (nSPS) is 12.2. The number of benzene rings is 1. The molecule has 0 heterocycles. The van der Waals surface area contributed by atoms with Crippen LogP contribution in [0.4, 0.5) is 0 Å². The zero-order valence-corrected chi connectivity index (χ0v) is 7.53. The fourth-order valence-corrected chi connectivity index (χ4v) is 1.05. The van der Waals surface area contributed by atoms with Gasteiger partial charge in [-0.2, -0.15) is 0 Å². The van der Waals surface area contributed by atoms with E-state index in [1.807, 2.05) is 0 Å². The number of aromatic hydroxyl groups is 1. The molecule has 1 atom stereocenters. The molecule has 0 bridgehead atoms. The van der Waals surface area contributed by atoms with Crippen molar-refractivity contribution in [3.8, 4) is 11.5 Å². The van der Waals surface area contributed by atoms with Gasteiger partial charge >= 0.3 is 0 Å². The standard InChI is InChI=1S/C10H13NO2/c1-3-8(11)7-4-5-10(13-2)9(12)6-7/h3-6,8,12H,1,11H2,2H3/t8-/m1/s1. The Bertz CT molecular complexity index is 310. The van der Waals surface area contributed by atoms with Gasteiger partial charge in [0.1, 0.15) is 0 Å². The maximum Gasteiger partial charge on any atom is 0.160 e. The van der Waals surface area contributed by atoms with Crippen LogP contribution < -0.4 is 10.5 Å². The summed E-state index contributed by atoms with van der Waals surface area (Å²) in [4.78, 5) is 0. The molecular formula is C10H13NO2. The van der Waals surface area contributed by atoms with E-state index in [2.05, 4.69) is 6.58 Å². The summed E-state index contributed by atoms with van der Waals surface area (Å²) in [7, 11) is 1.50. The molecule has 0 aliphatic heterocycles. The van der Waals surface area contributed by atoms with Gasteiger partial charge in [-0.25, -0.2) is 0 Å². The summed E-state index contributed by atoms with van der Waals surface area (Å²) in [6, 6.07) is 4.79. The van der Waals surface area contributed by atoms with E-state index in [9.17, 15) is 5.11 Å². The highest BCUT2D eigenvalue weighted by molar-refractivity contribution is 5.43. The van der Waals surface area contributed by atoms with E-state index in [4.69, 9.17) is 10.5 Å². The molecule has 1 aromatic rings. The molecule has 0 amide bonds. The maximum absolute atomic E-state index is 9.42. The third kappa shape index (κ3) is 2.00. The first-order valence-corrected chi connectivity index (χ1v) is 3.94. The van der Waals surface area contributed by atoms with Crippen LogP contribution in [0.3, 0.4) is 0 Å². The summed E-state index contributed by atoms with van der Waals surface area (Å²) in [6.07, 6.45) is 1.61. The van der Waals surface area contributed by atoms with Crippen LogP contribution in [-0.2, 0) is 0 Å². The van der Waals surface area contributed by atoms with Crippen molar-refractivity contribution in [2.45, 2.75) is 6.04 Å². The predicted octanol–water partition coefficient (Wildman–Crippen LogP) is 1.59. The Morgan fingerprint density at radius 1 is 1.62 bits per heavy atom. The second-order valence-electron chi connectivity index (χ2n) is 2.69. The van der Waals surface area contributed by atoms with Crippen LogP contribution in [0.5, 0.6) is 11.5 Å². The highest BCUT2D eigenvalue weighted by Gasteiger charge is 2.05. The number of hydrogen-bond acceptors (Lipinski definition) is 3. The van der Waals surface area contributed by atoms with Crippen LogP contribution >= 0.6 is 0 Å². The minimum Gasteiger partial charge on any atom is -0.504 e. The Hall–Kier alpha value is -1.48. The monoisotopic (exact) mass is 179 g/mol. The number of ether oxygens (including phenoxy) is 1. The van der Waals surface area contributed by atoms with E-state index in [1.165, 1.54) is 7.11 Å². The first-order chi connectivity index (χ1) is 6.19. The highest BCUT2D eigenvalue weighted by Crippen LogP contribution is 2.28. The van der Waals surface area contributed by atoms with Crippen LogP contribution in [0.25, 0.3) is 0 Å². The lowest BCUT2D eigenvalue weighted by Crippen LogP contribution is -2.06. The molecule has 0 saturated carbocycles. The molecule has 0 fully saturated rings. The van der Waals surface area contributed by atoms with Gasteiger partial charge in [0, 0.05) is 6.04 Å². The van der Waals surface area contributed by atoms with Crippen molar-refractivity contribution in [2.75, 3.05) is 7.11 Å². The molecule has 0 aliphatic rings. The third-order valence-electron chi connectivity index (χ3n) is 1.84. The zero-order valence-electron chi connectivity index (χ0n) is 7.53. The molecule has 3 heteroatoms. The van der Waals surface area contributed by atoms with Gasteiger partial charge in [-0.05, 0) is 17.7 Å². The van der Waals surface area contributed by atoms with E-state index in [0.29, 0.717) is 5.75 Å². The average molecular weight is 179 g/mol. The quantitative estimate of drug-likeness (QED) is 0.693. The fourth-order valence-electron chi connectivity index (χ4n) is 1.05. The number of phenols is 1. The molecule has 13 heavy (non-hydrogen) atoms. The van der Waals surface area contributed by atoms with Crippen molar-refractivity contribution in [1.82, 2.24) is 0 Å². The highest BCUT2D eigenvalue weighted by atomic mass is 16.5. The maximum atomic E-state index is 9.42. The van der Waals surface area contributed by atoms with Crippen molar-refractivity contribution in [3.63, 3.8) is 0 Å². The van der Waals surface area contributed by atoms with Crippen molar-refractivity contribution in [3.05, 3.63) is 36.4 Å². The summed E-state index contributed by atoms with van der Waals surface area (Å²) < 4.78 is 4.90. The molecule has 0 spiro atoms. The van der Waals surface area contributed by atoms with Gasteiger partial charge < -0.3 is 15.6 Å². The second kappa shape index (κ2) is 3.96. The Morgan fingerprint density at radius 3 is 2.77 bits per heavy atom. The Kier molecular flexibility index (Phi) is 2.93. The minimum atomic E-state index is -0.253. The lowest BCUT2D eigenvalue weighted by Gasteiger charge is -2.09. The van der Waals surface area contributed by atoms with Crippen LogP contribution in [0.2, 0.25) is 0 Å². The van der Waals surface area contributed by atoms with Crippen molar-refractivity contribution in [2.24, 2.45) is 5.73 Å². The molecule has 1 rings (SSSR count). The number of hydrogen-bond donors (Lipinski definition) is 2. The number of rotatable bonds is 3. The van der Waals surface area contributed by atoms with Crippen LogP contribution in [0.15, 0.2) is 30.9 Å². The zero-order chi connectivity index (χ0) is 9.84. The van der Waals surface area contributed by atoms with Gasteiger partial charge in [0.05, 0.1) is 7.11 Å². The van der Waals surface area contributed by atoms with E-state index in [1.54, 1.807) is 24.3 Å². The van der Waals surface area contributed by atoms with E-state index in [-0.39, 0.29) is 11.8 Å². The first-order valence-electron chi connectivity index (χ1n) is 3.94. The predicted molar refractivity (Wildman–Crippen MR) is 51.8 cm³/mol. The molecule has 3 N–H and O–H groups in total. The Morgan fingerprint density at radius 2 is 2.31 bits per heavy atom. The topological polar surface area (TPSA) is 55.5 Å². The van der Waals surface area contributed by atoms with E-state index < -0.39 is 0 Å². The summed E-state index contributed by atoms with van der Waals surface area (Å²) in [5.74, 6) is 0.539. The van der Waals surface area contributed by atoms with Gasteiger partial charge in [0.15, 0.2) is 11.5 Å². The van der Waals surface area contributed by atoms with Gasteiger partial charge in [0.2, 0.25) is 0 Å². The third-order valence-corrected chi connectivity index (χ3v) is 1.84. The first kappa shape index (κ1) is 9.61. The summed E-state index contributed by atoms with van der Waals surface area (Å²) >= 11 is 0. The SMILES string of the molecule is C=C[C@@H](N)c1ccc(OC)c(O)c1. The Labute approximate surface area is 77.4 Å². The Balaban J connectivity index is 3.02. The van der Waals surface area contributed by atoms with Crippen LogP contribution in [0, 0.1) is 0 Å². The molecule has 3 nitrogen and oxygen atoms in total. The van der Waals surface area contributed by atoms with Crippen LogP contribution in [0.1, 0.15) is 11.6 Å². The second-order valence-corrected chi connectivity index (χ2v) is 2.69. The van der Waals surface area contributed by atoms with Gasteiger partial charge in [-0.15, -0.1) is 6.58 Å². The number of phenolic OH excluding ortho intramolecular Hbond substituents is 1. The molecule has 0 radical (unpaired) electrons. The van der Waals surface area contributed by atoms with Gasteiger partial charge in [-0.3, -0.25) is 0 Å². The summed E-state index contributed by atoms with van der Waals surface area (Å²) in [6.45, 7) is 3.57.